The van der Waals surface area contributed by atoms with Gasteiger partial charge in [-0.3, -0.25) is 4.99 Å². The maximum atomic E-state index is 14.3. The van der Waals surface area contributed by atoms with Crippen LogP contribution in [0.15, 0.2) is 57.9 Å². The van der Waals surface area contributed by atoms with E-state index in [4.69, 9.17) is 9.47 Å². The van der Waals surface area contributed by atoms with Gasteiger partial charge in [0.15, 0.2) is 11.5 Å². The molecule has 7 heteroatoms. The van der Waals surface area contributed by atoms with Gasteiger partial charge in [-0.25, -0.2) is 9.07 Å². The molecule has 0 amide bonds. The molecule has 0 atom stereocenters. The number of benzene rings is 2. The van der Waals surface area contributed by atoms with E-state index < -0.39 is 0 Å². The molecule has 0 saturated heterocycles. The molecule has 0 fully saturated rings. The Morgan fingerprint density at radius 3 is 2.63 bits per heavy atom. The molecule has 0 aliphatic heterocycles. The van der Waals surface area contributed by atoms with E-state index in [2.05, 4.69) is 10.1 Å². The molecule has 3 aromatic rings. The highest BCUT2D eigenvalue weighted by atomic mass is 32.1. The molecule has 0 unspecified atom stereocenters. The lowest BCUT2D eigenvalue weighted by atomic mass is 10.1. The fourth-order valence-electron chi connectivity index (χ4n) is 2.64. The largest absolute Gasteiger partial charge is 0.493 e. The topological polar surface area (TPSA) is 48.1 Å². The number of thiazole rings is 1. The predicted molar refractivity (Wildman–Crippen MR) is 106 cm³/mol. The van der Waals surface area contributed by atoms with Gasteiger partial charge in [0.1, 0.15) is 5.82 Å². The summed E-state index contributed by atoms with van der Waals surface area (Å²) < 4.78 is 26.7. The van der Waals surface area contributed by atoms with Gasteiger partial charge in [-0.15, -0.1) is 11.3 Å². The molecule has 0 aliphatic carbocycles. The summed E-state index contributed by atoms with van der Waals surface area (Å²) in [6.07, 6.45) is 1.66. The van der Waals surface area contributed by atoms with Crippen LogP contribution >= 0.6 is 11.3 Å². The van der Waals surface area contributed by atoms with Crippen molar-refractivity contribution in [2.75, 3.05) is 20.8 Å². The van der Waals surface area contributed by atoms with E-state index in [1.165, 1.54) is 17.4 Å². The van der Waals surface area contributed by atoms with Crippen molar-refractivity contribution < 1.29 is 13.9 Å². The molecule has 0 spiro atoms. The van der Waals surface area contributed by atoms with Crippen LogP contribution in [0.1, 0.15) is 12.5 Å². The van der Waals surface area contributed by atoms with Crippen LogP contribution in [0.4, 0.5) is 4.39 Å². The quantitative estimate of drug-likeness (QED) is 0.598. The first-order valence-electron chi connectivity index (χ1n) is 8.40. The number of hydrogen-bond acceptors (Lipinski definition) is 5. The van der Waals surface area contributed by atoms with Gasteiger partial charge in [0.25, 0.3) is 0 Å². The lowest BCUT2D eigenvalue weighted by molar-refractivity contribution is 0.354. The number of aromatic nitrogens is 1. The molecular weight excluding hydrogens is 365 g/mol. The van der Waals surface area contributed by atoms with Crippen molar-refractivity contribution in [1.82, 2.24) is 4.68 Å². The van der Waals surface area contributed by atoms with E-state index in [0.29, 0.717) is 34.1 Å². The van der Waals surface area contributed by atoms with Crippen molar-refractivity contribution in [3.63, 3.8) is 0 Å². The van der Waals surface area contributed by atoms with Crippen molar-refractivity contribution in [2.45, 2.75) is 6.92 Å². The normalized spacial score (nSPS) is 11.9. The molecule has 0 radical (unpaired) electrons. The minimum absolute atomic E-state index is 0.304. The number of para-hydroxylation sites is 1. The van der Waals surface area contributed by atoms with Gasteiger partial charge in [-0.1, -0.05) is 18.2 Å². The summed E-state index contributed by atoms with van der Waals surface area (Å²) in [5.74, 6) is 0.895. The van der Waals surface area contributed by atoms with Gasteiger partial charge in [0, 0.05) is 23.1 Å². The molecule has 0 saturated carbocycles. The number of nitrogens with zero attached hydrogens (tertiary/aromatic N) is 3. The van der Waals surface area contributed by atoms with Crippen molar-refractivity contribution in [3.8, 4) is 22.8 Å². The van der Waals surface area contributed by atoms with Gasteiger partial charge in [-0.2, -0.15) is 5.10 Å². The molecule has 2 aromatic carbocycles. The Morgan fingerprint density at radius 1 is 1.11 bits per heavy atom. The van der Waals surface area contributed by atoms with Gasteiger partial charge < -0.3 is 9.47 Å². The van der Waals surface area contributed by atoms with Gasteiger partial charge >= 0.3 is 0 Å². The monoisotopic (exact) mass is 385 g/mol. The van der Waals surface area contributed by atoms with Crippen LogP contribution < -0.4 is 14.3 Å². The first-order chi connectivity index (χ1) is 13.2. The second-order valence-corrected chi connectivity index (χ2v) is 6.33. The first-order valence-corrected chi connectivity index (χ1v) is 9.28. The average Bonchev–Trinajstić information content (AvgIpc) is 3.08. The first kappa shape index (κ1) is 18.8. The van der Waals surface area contributed by atoms with E-state index in [9.17, 15) is 4.39 Å². The maximum Gasteiger partial charge on any atom is 0.206 e. The van der Waals surface area contributed by atoms with Crippen molar-refractivity contribution in [2.24, 2.45) is 10.1 Å². The number of rotatable bonds is 6. The Balaban J connectivity index is 2.12. The third-order valence-corrected chi connectivity index (χ3v) is 4.73. The Morgan fingerprint density at radius 2 is 1.93 bits per heavy atom. The van der Waals surface area contributed by atoms with Crippen LogP contribution in [-0.2, 0) is 0 Å². The van der Waals surface area contributed by atoms with Gasteiger partial charge in [0.2, 0.25) is 4.80 Å². The third kappa shape index (κ3) is 3.93. The standard InChI is InChI=1S/C20H20FN3O2S/c1-4-22-20-24(17(13-27-20)15-9-5-6-10-16(15)21)23-12-14-8-7-11-18(25-2)19(14)26-3/h5-13H,4H2,1-3H3/b22-20?,23-12-. The van der Waals surface area contributed by atoms with Crippen molar-refractivity contribution in [3.05, 3.63) is 64.0 Å². The van der Waals surface area contributed by atoms with Crippen LogP contribution in [0.3, 0.4) is 0 Å². The van der Waals surface area contributed by atoms with E-state index in [-0.39, 0.29) is 5.82 Å². The fraction of sp³-hybridized carbons (Fsp3) is 0.200. The zero-order valence-corrected chi connectivity index (χ0v) is 16.2. The molecule has 5 nitrogen and oxygen atoms in total. The predicted octanol–water partition coefficient (Wildman–Crippen LogP) is 4.18. The van der Waals surface area contributed by atoms with Crippen molar-refractivity contribution in [1.29, 1.82) is 0 Å². The zero-order chi connectivity index (χ0) is 19.2. The van der Waals surface area contributed by atoms with E-state index >= 15 is 0 Å². The van der Waals surface area contributed by atoms with Gasteiger partial charge in [0.05, 0.1) is 26.1 Å². The minimum atomic E-state index is -0.304. The smallest absolute Gasteiger partial charge is 0.206 e. The molecule has 1 aromatic heterocycles. The Bertz CT molecular complexity index is 1020. The molecule has 3 rings (SSSR count). The number of halogens is 1. The molecule has 0 aliphatic rings. The molecular formula is C20H20FN3O2S. The van der Waals surface area contributed by atoms with Crippen LogP contribution in [0.2, 0.25) is 0 Å². The SMILES string of the molecule is CCN=c1scc(-c2ccccc2F)n1/N=C\c1cccc(OC)c1OC. The molecule has 0 N–H and O–H groups in total. The van der Waals surface area contributed by atoms with E-state index in [0.717, 1.165) is 5.56 Å². The average molecular weight is 385 g/mol. The highest BCUT2D eigenvalue weighted by Gasteiger charge is 2.12. The second kappa shape index (κ2) is 8.64. The summed E-state index contributed by atoms with van der Waals surface area (Å²) in [5.41, 5.74) is 1.86. The lowest BCUT2D eigenvalue weighted by Crippen LogP contribution is -2.13. The summed E-state index contributed by atoms with van der Waals surface area (Å²) in [4.78, 5) is 5.15. The summed E-state index contributed by atoms with van der Waals surface area (Å²) in [5, 5.41) is 6.42. The highest BCUT2D eigenvalue weighted by molar-refractivity contribution is 7.07. The van der Waals surface area contributed by atoms with Crippen LogP contribution in [-0.4, -0.2) is 31.7 Å². The summed E-state index contributed by atoms with van der Waals surface area (Å²) in [6.45, 7) is 2.55. The summed E-state index contributed by atoms with van der Waals surface area (Å²) >= 11 is 1.42. The number of methoxy groups -OCH3 is 2. The van der Waals surface area contributed by atoms with E-state index in [1.54, 1.807) is 43.3 Å². The molecule has 140 valence electrons. The molecule has 27 heavy (non-hydrogen) atoms. The Kier molecular flexibility index (Phi) is 6.03. The fourth-order valence-corrected chi connectivity index (χ4v) is 3.54. The van der Waals surface area contributed by atoms with Crippen LogP contribution in [0.5, 0.6) is 11.5 Å². The van der Waals surface area contributed by atoms with E-state index in [1.807, 2.05) is 30.5 Å². The molecule has 0 bridgehead atoms. The Labute approximate surface area is 161 Å². The summed E-state index contributed by atoms with van der Waals surface area (Å²) in [7, 11) is 3.16. The Hall–Kier alpha value is -2.93. The maximum absolute atomic E-state index is 14.3. The highest BCUT2D eigenvalue weighted by Crippen LogP contribution is 2.29. The van der Waals surface area contributed by atoms with Crippen LogP contribution in [0, 0.1) is 5.82 Å². The second-order valence-electron chi connectivity index (χ2n) is 5.50. The number of ether oxygens (including phenoxy) is 2. The third-order valence-electron chi connectivity index (χ3n) is 3.87. The van der Waals surface area contributed by atoms with Crippen molar-refractivity contribution >= 4 is 17.6 Å². The minimum Gasteiger partial charge on any atom is -0.493 e. The van der Waals surface area contributed by atoms with Crippen LogP contribution in [0.25, 0.3) is 11.3 Å². The summed E-state index contributed by atoms with van der Waals surface area (Å²) in [6, 6.07) is 12.2. The number of hydrogen-bond donors (Lipinski definition) is 0. The molecule has 1 heterocycles. The van der Waals surface area contributed by atoms with Gasteiger partial charge in [-0.05, 0) is 31.2 Å². The lowest BCUT2D eigenvalue weighted by Gasteiger charge is -2.10. The zero-order valence-electron chi connectivity index (χ0n) is 15.3.